The van der Waals surface area contributed by atoms with Gasteiger partial charge in [-0.2, -0.15) is 0 Å². The fourth-order valence-corrected chi connectivity index (χ4v) is 4.36. The Labute approximate surface area is 185 Å². The van der Waals surface area contributed by atoms with Gasteiger partial charge in [-0.15, -0.1) is 0 Å². The Balaban J connectivity index is 1.71. The van der Waals surface area contributed by atoms with Gasteiger partial charge >= 0.3 is 0 Å². The lowest BCUT2D eigenvalue weighted by Gasteiger charge is -2.14. The summed E-state index contributed by atoms with van der Waals surface area (Å²) in [5.41, 5.74) is 5.13. The average molecular weight is 430 g/mol. The number of amides is 1. The van der Waals surface area contributed by atoms with E-state index in [9.17, 15) is 9.59 Å². The number of nitrogens with one attached hydrogen (secondary N) is 1. The minimum Gasteiger partial charge on any atom is -0.325 e. The maximum atomic E-state index is 13.4. The Morgan fingerprint density at radius 2 is 1.65 bits per heavy atom. The number of aryl methyl sites for hydroxylation is 3. The SMILES string of the molecule is Cc1cc(C)cc(-n2c(SCC(=O)Nc3ccccc3C)nc3ccccc3c2=O)c1. The minimum atomic E-state index is -0.145. The summed E-state index contributed by atoms with van der Waals surface area (Å²) in [4.78, 5) is 30.7. The van der Waals surface area contributed by atoms with Crippen LogP contribution in [0.15, 0.2) is 76.7 Å². The van der Waals surface area contributed by atoms with Crippen molar-refractivity contribution in [3.63, 3.8) is 0 Å². The highest BCUT2D eigenvalue weighted by Crippen LogP contribution is 2.23. The van der Waals surface area contributed by atoms with E-state index in [1.807, 2.05) is 75.4 Å². The highest BCUT2D eigenvalue weighted by Gasteiger charge is 2.15. The maximum Gasteiger partial charge on any atom is 0.266 e. The predicted molar refractivity (Wildman–Crippen MR) is 127 cm³/mol. The van der Waals surface area contributed by atoms with Gasteiger partial charge in [0.2, 0.25) is 5.91 Å². The van der Waals surface area contributed by atoms with E-state index >= 15 is 0 Å². The van der Waals surface area contributed by atoms with Gasteiger partial charge in [-0.1, -0.05) is 48.2 Å². The van der Waals surface area contributed by atoms with Crippen LogP contribution < -0.4 is 10.9 Å². The van der Waals surface area contributed by atoms with Crippen LogP contribution in [0.3, 0.4) is 0 Å². The van der Waals surface area contributed by atoms with E-state index in [4.69, 9.17) is 4.98 Å². The second-order valence-corrected chi connectivity index (χ2v) is 8.49. The molecule has 0 radical (unpaired) electrons. The molecule has 0 saturated heterocycles. The molecule has 6 heteroatoms. The number of thioether (sulfide) groups is 1. The summed E-state index contributed by atoms with van der Waals surface area (Å²) in [6.45, 7) is 5.95. The highest BCUT2D eigenvalue weighted by atomic mass is 32.2. The molecule has 0 spiro atoms. The topological polar surface area (TPSA) is 64.0 Å². The Bertz CT molecular complexity index is 1320. The minimum absolute atomic E-state index is 0.141. The van der Waals surface area contributed by atoms with E-state index in [2.05, 4.69) is 11.4 Å². The first-order chi connectivity index (χ1) is 14.9. The van der Waals surface area contributed by atoms with Crippen LogP contribution in [0.4, 0.5) is 5.69 Å². The molecule has 0 saturated carbocycles. The summed E-state index contributed by atoms with van der Waals surface area (Å²) < 4.78 is 1.61. The van der Waals surface area contributed by atoms with Crippen LogP contribution in [0.2, 0.25) is 0 Å². The van der Waals surface area contributed by atoms with Gasteiger partial charge in [0.15, 0.2) is 5.16 Å². The quantitative estimate of drug-likeness (QED) is 0.356. The molecule has 0 aliphatic rings. The van der Waals surface area contributed by atoms with Crippen molar-refractivity contribution in [1.82, 2.24) is 9.55 Å². The zero-order valence-corrected chi connectivity index (χ0v) is 18.5. The molecule has 1 aromatic heterocycles. The monoisotopic (exact) mass is 429 g/mol. The van der Waals surface area contributed by atoms with Gasteiger partial charge in [0, 0.05) is 5.69 Å². The highest BCUT2D eigenvalue weighted by molar-refractivity contribution is 7.99. The van der Waals surface area contributed by atoms with Crippen LogP contribution in [0, 0.1) is 20.8 Å². The van der Waals surface area contributed by atoms with E-state index < -0.39 is 0 Å². The van der Waals surface area contributed by atoms with Crippen molar-refractivity contribution < 1.29 is 4.79 Å². The molecule has 1 N–H and O–H groups in total. The number of benzene rings is 3. The van der Waals surface area contributed by atoms with Crippen molar-refractivity contribution in [1.29, 1.82) is 0 Å². The van der Waals surface area contributed by atoms with Crippen LogP contribution in [0.25, 0.3) is 16.6 Å². The van der Waals surface area contributed by atoms with Crippen molar-refractivity contribution in [3.05, 3.63) is 93.8 Å². The fourth-order valence-electron chi connectivity index (χ4n) is 3.55. The summed E-state index contributed by atoms with van der Waals surface area (Å²) in [6, 6.07) is 20.9. The number of rotatable bonds is 5. The van der Waals surface area contributed by atoms with Crippen LogP contribution in [-0.4, -0.2) is 21.2 Å². The molecule has 5 nitrogen and oxygen atoms in total. The van der Waals surface area contributed by atoms with Crippen molar-refractivity contribution >= 4 is 34.3 Å². The van der Waals surface area contributed by atoms with Gasteiger partial charge < -0.3 is 5.32 Å². The molecule has 0 atom stereocenters. The van der Waals surface area contributed by atoms with Gasteiger partial charge in [-0.3, -0.25) is 14.2 Å². The van der Waals surface area contributed by atoms with Gasteiger partial charge in [0.05, 0.1) is 22.3 Å². The fraction of sp³-hybridized carbons (Fsp3) is 0.160. The summed E-state index contributed by atoms with van der Waals surface area (Å²) in [6.07, 6.45) is 0. The molecule has 0 unspecified atom stereocenters. The molecular weight excluding hydrogens is 406 g/mol. The summed E-state index contributed by atoms with van der Waals surface area (Å²) in [5, 5.41) is 3.98. The molecule has 0 aliphatic carbocycles. The average Bonchev–Trinajstić information content (AvgIpc) is 2.73. The zero-order valence-electron chi connectivity index (χ0n) is 17.7. The predicted octanol–water partition coefficient (Wildman–Crippen LogP) is 5.04. The number of anilines is 1. The molecule has 0 fully saturated rings. The smallest absolute Gasteiger partial charge is 0.266 e. The molecular formula is C25H23N3O2S. The number of fused-ring (bicyclic) bond motifs is 1. The van der Waals surface area contributed by atoms with Crippen LogP contribution >= 0.6 is 11.8 Å². The number of hydrogen-bond donors (Lipinski definition) is 1. The number of aromatic nitrogens is 2. The van der Waals surface area contributed by atoms with E-state index in [0.29, 0.717) is 16.1 Å². The van der Waals surface area contributed by atoms with Crippen LogP contribution in [0.5, 0.6) is 0 Å². The molecule has 0 bridgehead atoms. The van der Waals surface area contributed by atoms with E-state index in [-0.39, 0.29) is 17.2 Å². The number of carbonyl (C=O) groups is 1. The van der Waals surface area contributed by atoms with Crippen LogP contribution in [0.1, 0.15) is 16.7 Å². The lowest BCUT2D eigenvalue weighted by atomic mass is 10.1. The Morgan fingerprint density at radius 3 is 2.39 bits per heavy atom. The maximum absolute atomic E-state index is 13.4. The number of nitrogens with zero attached hydrogens (tertiary/aromatic N) is 2. The molecule has 4 aromatic rings. The Kier molecular flexibility index (Phi) is 5.91. The normalized spacial score (nSPS) is 10.9. The van der Waals surface area contributed by atoms with E-state index in [1.165, 1.54) is 11.8 Å². The number of carbonyl (C=O) groups excluding carboxylic acids is 1. The second kappa shape index (κ2) is 8.78. The first-order valence-corrected chi connectivity index (χ1v) is 11.0. The first-order valence-electron chi connectivity index (χ1n) is 10.0. The van der Waals surface area contributed by atoms with Crippen molar-refractivity contribution in [3.8, 4) is 5.69 Å². The van der Waals surface area contributed by atoms with Gasteiger partial charge in [-0.05, 0) is 67.8 Å². The Hall–Kier alpha value is -3.38. The molecule has 0 aliphatic heterocycles. The van der Waals surface area contributed by atoms with Gasteiger partial charge in [0.1, 0.15) is 0 Å². The van der Waals surface area contributed by atoms with Crippen molar-refractivity contribution in [2.24, 2.45) is 0 Å². The lowest BCUT2D eigenvalue weighted by Crippen LogP contribution is -2.23. The van der Waals surface area contributed by atoms with Gasteiger partial charge in [0.25, 0.3) is 5.56 Å². The standard InChI is InChI=1S/C25H23N3O2S/c1-16-12-17(2)14-19(13-16)28-24(30)20-9-5-7-11-22(20)27-25(28)31-15-23(29)26-21-10-6-4-8-18(21)3/h4-14H,15H2,1-3H3,(H,26,29). The summed E-state index contributed by atoms with van der Waals surface area (Å²) in [5.74, 6) is -0.00197. The number of para-hydroxylation sites is 2. The third-order valence-electron chi connectivity index (χ3n) is 4.96. The van der Waals surface area contributed by atoms with Crippen molar-refractivity contribution in [2.75, 3.05) is 11.1 Å². The molecule has 4 rings (SSSR count). The molecule has 156 valence electrons. The van der Waals surface area contributed by atoms with E-state index in [0.717, 1.165) is 28.1 Å². The second-order valence-electron chi connectivity index (χ2n) is 7.55. The molecule has 31 heavy (non-hydrogen) atoms. The lowest BCUT2D eigenvalue weighted by molar-refractivity contribution is -0.113. The third-order valence-corrected chi connectivity index (χ3v) is 5.90. The van der Waals surface area contributed by atoms with E-state index in [1.54, 1.807) is 10.6 Å². The molecule has 1 amide bonds. The first kappa shape index (κ1) is 20.9. The third kappa shape index (κ3) is 4.54. The van der Waals surface area contributed by atoms with Crippen LogP contribution in [-0.2, 0) is 4.79 Å². The molecule has 1 heterocycles. The molecule has 3 aromatic carbocycles. The van der Waals surface area contributed by atoms with Crippen molar-refractivity contribution in [2.45, 2.75) is 25.9 Å². The largest absolute Gasteiger partial charge is 0.325 e. The number of hydrogen-bond acceptors (Lipinski definition) is 4. The summed E-state index contributed by atoms with van der Waals surface area (Å²) >= 11 is 1.26. The van der Waals surface area contributed by atoms with Gasteiger partial charge in [-0.25, -0.2) is 4.98 Å². The summed E-state index contributed by atoms with van der Waals surface area (Å²) in [7, 11) is 0. The zero-order chi connectivity index (χ0) is 22.0. The Morgan fingerprint density at radius 1 is 0.968 bits per heavy atom.